The number of hydrogen-bond acceptors (Lipinski definition) is 2. The summed E-state index contributed by atoms with van der Waals surface area (Å²) < 4.78 is 5.39. The van der Waals surface area contributed by atoms with Crippen LogP contribution in [0.15, 0.2) is 0 Å². The third-order valence-corrected chi connectivity index (χ3v) is 1.89. The normalized spacial score (nSPS) is 24.3. The van der Waals surface area contributed by atoms with Crippen molar-refractivity contribution in [2.75, 3.05) is 26.3 Å². The molecule has 3 heteroatoms. The third-order valence-electron chi connectivity index (χ3n) is 1.89. The molecule has 1 rings (SSSR count). The Morgan fingerprint density at radius 3 is 3.09 bits per heavy atom. The average molecular weight is 158 g/mol. The van der Waals surface area contributed by atoms with Crippen molar-refractivity contribution in [1.82, 2.24) is 5.32 Å². The van der Waals surface area contributed by atoms with Crippen LogP contribution < -0.4 is 5.32 Å². The van der Waals surface area contributed by atoms with E-state index in [0.29, 0.717) is 6.10 Å². The van der Waals surface area contributed by atoms with Crippen molar-refractivity contribution in [2.24, 2.45) is 0 Å². The molecule has 11 heavy (non-hydrogen) atoms. The number of nitrogens with one attached hydrogen (secondary N) is 1. The second-order valence-electron chi connectivity index (χ2n) is 2.90. The molecule has 0 spiro atoms. The van der Waals surface area contributed by atoms with Gasteiger partial charge < -0.3 is 10.1 Å². The van der Waals surface area contributed by atoms with Gasteiger partial charge in [-0.3, -0.25) is 0 Å². The topological polar surface area (TPSA) is 41.2 Å². The van der Waals surface area contributed by atoms with Crippen molar-refractivity contribution in [2.45, 2.75) is 25.4 Å². The van der Waals surface area contributed by atoms with Crippen LogP contribution in [0.2, 0.25) is 0 Å². The van der Waals surface area contributed by atoms with E-state index >= 15 is 0 Å². The summed E-state index contributed by atoms with van der Waals surface area (Å²) in [5.41, 5.74) is 0. The minimum atomic E-state index is 0.0263. The third kappa shape index (κ3) is 3.70. The van der Waals surface area contributed by atoms with E-state index in [9.17, 15) is 5.11 Å². The minimum Gasteiger partial charge on any atom is -0.377 e. The molecule has 3 nitrogen and oxygen atoms in total. The predicted octanol–water partition coefficient (Wildman–Crippen LogP) is 0.576. The molecule has 1 saturated heterocycles. The molecule has 1 heterocycles. The Morgan fingerprint density at radius 2 is 2.45 bits per heavy atom. The van der Waals surface area contributed by atoms with Crippen molar-refractivity contribution in [3.63, 3.8) is 0 Å². The van der Waals surface area contributed by atoms with Crippen molar-refractivity contribution in [1.29, 1.82) is 0 Å². The molecule has 1 aliphatic heterocycles. The fourth-order valence-corrected chi connectivity index (χ4v) is 1.27. The SMILES string of the molecule is [O]CCCNCC1CCCO1. The molecule has 1 N–H and O–H groups in total. The highest BCUT2D eigenvalue weighted by molar-refractivity contribution is 4.66. The molecular weight excluding hydrogens is 142 g/mol. The summed E-state index contributed by atoms with van der Waals surface area (Å²) in [6.07, 6.45) is 3.49. The van der Waals surface area contributed by atoms with Crippen LogP contribution >= 0.6 is 0 Å². The van der Waals surface area contributed by atoms with Crippen LogP contribution in [0.25, 0.3) is 0 Å². The van der Waals surface area contributed by atoms with E-state index in [1.165, 1.54) is 12.8 Å². The highest BCUT2D eigenvalue weighted by Crippen LogP contribution is 2.10. The molecule has 0 bridgehead atoms. The highest BCUT2D eigenvalue weighted by atomic mass is 16.5. The van der Waals surface area contributed by atoms with Gasteiger partial charge >= 0.3 is 0 Å². The maximum absolute atomic E-state index is 10.1. The maximum Gasteiger partial charge on any atom is 0.0834 e. The standard InChI is InChI=1S/C8H16NO2/c10-5-2-4-9-7-8-3-1-6-11-8/h8-9H,1-7H2. The lowest BCUT2D eigenvalue weighted by molar-refractivity contribution is 0.109. The predicted molar refractivity (Wildman–Crippen MR) is 42.0 cm³/mol. The number of ether oxygens (including phenoxy) is 1. The second kappa shape index (κ2) is 5.52. The Morgan fingerprint density at radius 1 is 1.55 bits per heavy atom. The van der Waals surface area contributed by atoms with Crippen LogP contribution in [-0.4, -0.2) is 32.4 Å². The molecule has 1 radical (unpaired) electrons. The van der Waals surface area contributed by atoms with Gasteiger partial charge in [-0.05, 0) is 25.8 Å². The fraction of sp³-hybridized carbons (Fsp3) is 1.00. The van der Waals surface area contributed by atoms with Gasteiger partial charge in [0.15, 0.2) is 0 Å². The van der Waals surface area contributed by atoms with Gasteiger partial charge in [0, 0.05) is 13.2 Å². The Kier molecular flexibility index (Phi) is 4.50. The van der Waals surface area contributed by atoms with E-state index < -0.39 is 0 Å². The lowest BCUT2D eigenvalue weighted by atomic mass is 10.2. The highest BCUT2D eigenvalue weighted by Gasteiger charge is 2.13. The first kappa shape index (κ1) is 8.97. The van der Waals surface area contributed by atoms with Crippen LogP contribution in [0.5, 0.6) is 0 Å². The van der Waals surface area contributed by atoms with Gasteiger partial charge in [0.2, 0.25) is 0 Å². The van der Waals surface area contributed by atoms with Crippen molar-refractivity contribution < 1.29 is 9.84 Å². The average Bonchev–Trinajstić information content (AvgIpc) is 2.50. The Balaban J connectivity index is 1.86. The molecule has 0 aromatic carbocycles. The molecule has 1 fully saturated rings. The van der Waals surface area contributed by atoms with Crippen LogP contribution in [0.1, 0.15) is 19.3 Å². The molecular formula is C8H16NO2. The quantitative estimate of drug-likeness (QED) is 0.594. The Labute approximate surface area is 67.7 Å². The Hall–Kier alpha value is -0.120. The lowest BCUT2D eigenvalue weighted by Crippen LogP contribution is -2.27. The van der Waals surface area contributed by atoms with Crippen molar-refractivity contribution in [3.8, 4) is 0 Å². The minimum absolute atomic E-state index is 0.0263. The monoisotopic (exact) mass is 158 g/mol. The molecule has 65 valence electrons. The first-order chi connectivity index (χ1) is 5.43. The van der Waals surface area contributed by atoms with Crippen LogP contribution in [0, 0.1) is 0 Å². The fourth-order valence-electron chi connectivity index (χ4n) is 1.27. The van der Waals surface area contributed by atoms with E-state index in [1.54, 1.807) is 0 Å². The van der Waals surface area contributed by atoms with Gasteiger partial charge in [0.05, 0.1) is 12.7 Å². The van der Waals surface area contributed by atoms with E-state index in [1.807, 2.05) is 0 Å². The molecule has 0 aromatic rings. The summed E-state index contributed by atoms with van der Waals surface area (Å²) in [4.78, 5) is 0. The molecule has 0 amide bonds. The summed E-state index contributed by atoms with van der Waals surface area (Å²) in [5, 5.41) is 13.3. The summed E-state index contributed by atoms with van der Waals surface area (Å²) in [5.74, 6) is 0. The summed E-state index contributed by atoms with van der Waals surface area (Å²) >= 11 is 0. The summed E-state index contributed by atoms with van der Waals surface area (Å²) in [6, 6.07) is 0. The first-order valence-corrected chi connectivity index (χ1v) is 4.34. The van der Waals surface area contributed by atoms with Gasteiger partial charge in [0.1, 0.15) is 0 Å². The van der Waals surface area contributed by atoms with Gasteiger partial charge in [-0.15, -0.1) is 0 Å². The van der Waals surface area contributed by atoms with Crippen LogP contribution in [-0.2, 0) is 9.84 Å². The smallest absolute Gasteiger partial charge is 0.0834 e. The lowest BCUT2D eigenvalue weighted by Gasteiger charge is -2.09. The summed E-state index contributed by atoms with van der Waals surface area (Å²) in [6.45, 7) is 2.69. The largest absolute Gasteiger partial charge is 0.377 e. The number of rotatable bonds is 5. The zero-order valence-corrected chi connectivity index (χ0v) is 6.84. The zero-order valence-electron chi connectivity index (χ0n) is 6.84. The van der Waals surface area contributed by atoms with Crippen LogP contribution in [0.4, 0.5) is 0 Å². The summed E-state index contributed by atoms with van der Waals surface area (Å²) in [7, 11) is 0. The van der Waals surface area contributed by atoms with E-state index in [-0.39, 0.29) is 6.61 Å². The molecule has 1 atom stereocenters. The zero-order chi connectivity index (χ0) is 7.94. The van der Waals surface area contributed by atoms with Crippen molar-refractivity contribution in [3.05, 3.63) is 0 Å². The van der Waals surface area contributed by atoms with Gasteiger partial charge in [-0.25, -0.2) is 5.11 Å². The molecule has 0 aromatic heterocycles. The number of hydrogen-bond donors (Lipinski definition) is 1. The maximum atomic E-state index is 10.1. The van der Waals surface area contributed by atoms with E-state index in [2.05, 4.69) is 5.32 Å². The van der Waals surface area contributed by atoms with E-state index in [0.717, 1.165) is 26.1 Å². The molecule has 0 aliphatic carbocycles. The Bertz CT molecular complexity index is 92.1. The van der Waals surface area contributed by atoms with Gasteiger partial charge in [0.25, 0.3) is 0 Å². The van der Waals surface area contributed by atoms with Gasteiger partial charge in [-0.1, -0.05) is 0 Å². The van der Waals surface area contributed by atoms with E-state index in [4.69, 9.17) is 4.74 Å². The van der Waals surface area contributed by atoms with Crippen LogP contribution in [0.3, 0.4) is 0 Å². The molecule has 0 saturated carbocycles. The molecule has 1 unspecified atom stereocenters. The first-order valence-electron chi connectivity index (χ1n) is 4.34. The van der Waals surface area contributed by atoms with Gasteiger partial charge in [-0.2, -0.15) is 0 Å². The second-order valence-corrected chi connectivity index (χ2v) is 2.90. The molecule has 1 aliphatic rings. The van der Waals surface area contributed by atoms with Crippen molar-refractivity contribution >= 4 is 0 Å².